The summed E-state index contributed by atoms with van der Waals surface area (Å²) in [5, 5.41) is 10.3. The lowest BCUT2D eigenvalue weighted by Gasteiger charge is -2.35. The molecule has 1 aliphatic rings. The van der Waals surface area contributed by atoms with Gasteiger partial charge in [-0.2, -0.15) is 5.10 Å². The normalized spacial score (nSPS) is 14.6. The molecule has 0 atom stereocenters. The first kappa shape index (κ1) is 24.2. The molecule has 3 aromatic heterocycles. The van der Waals surface area contributed by atoms with Gasteiger partial charge in [-0.05, 0) is 48.9 Å². The van der Waals surface area contributed by atoms with Crippen LogP contribution >= 0.6 is 0 Å². The Labute approximate surface area is 222 Å². The second-order valence-corrected chi connectivity index (χ2v) is 10.1. The van der Waals surface area contributed by atoms with E-state index in [2.05, 4.69) is 80.2 Å². The average Bonchev–Trinajstić information content (AvgIpc) is 3.28. The fraction of sp³-hybridized carbons (Fsp3) is 0.345. The summed E-state index contributed by atoms with van der Waals surface area (Å²) < 4.78 is 1.98. The van der Waals surface area contributed by atoms with Crippen LogP contribution in [-0.2, 0) is 7.05 Å². The maximum atomic E-state index is 4.82. The van der Waals surface area contributed by atoms with Crippen LogP contribution in [0.15, 0.2) is 55.0 Å². The number of piperazine rings is 1. The maximum absolute atomic E-state index is 4.82. The van der Waals surface area contributed by atoms with Crippen molar-refractivity contribution < 1.29 is 0 Å². The zero-order valence-corrected chi connectivity index (χ0v) is 22.4. The molecule has 4 heterocycles. The van der Waals surface area contributed by atoms with Crippen LogP contribution in [0.1, 0.15) is 32.4 Å². The van der Waals surface area contributed by atoms with Crippen LogP contribution < -0.4 is 10.2 Å². The molecule has 9 heteroatoms. The van der Waals surface area contributed by atoms with Crippen molar-refractivity contribution in [1.29, 1.82) is 0 Å². The van der Waals surface area contributed by atoms with E-state index >= 15 is 0 Å². The van der Waals surface area contributed by atoms with Crippen LogP contribution in [0.3, 0.4) is 0 Å². The summed E-state index contributed by atoms with van der Waals surface area (Å²) in [4.78, 5) is 23.3. The number of hydrogen-bond donors (Lipinski definition) is 1. The van der Waals surface area contributed by atoms with Crippen molar-refractivity contribution in [2.45, 2.75) is 26.7 Å². The molecule has 9 nitrogen and oxygen atoms in total. The summed E-state index contributed by atoms with van der Waals surface area (Å²) >= 11 is 0. The van der Waals surface area contributed by atoms with Crippen LogP contribution in [-0.4, -0.2) is 67.3 Å². The van der Waals surface area contributed by atoms with Crippen molar-refractivity contribution in [2.24, 2.45) is 7.05 Å². The molecule has 6 rings (SSSR count). The van der Waals surface area contributed by atoms with E-state index in [9.17, 15) is 0 Å². The lowest BCUT2D eigenvalue weighted by molar-refractivity contribution is 0.271. The van der Waals surface area contributed by atoms with Crippen molar-refractivity contribution >= 4 is 39.3 Å². The minimum Gasteiger partial charge on any atom is -0.353 e. The van der Waals surface area contributed by atoms with E-state index in [0.29, 0.717) is 11.9 Å². The number of aromatic nitrogens is 6. The molecule has 38 heavy (non-hydrogen) atoms. The highest BCUT2D eigenvalue weighted by atomic mass is 15.3. The third-order valence-electron chi connectivity index (χ3n) is 7.37. The Morgan fingerprint density at radius 2 is 1.74 bits per heavy atom. The number of nitrogens with zero attached hydrogens (tertiary/aromatic N) is 8. The Balaban J connectivity index is 1.26. The van der Waals surface area contributed by atoms with Crippen LogP contribution in [0.4, 0.5) is 17.5 Å². The molecule has 1 aliphatic heterocycles. The molecule has 0 radical (unpaired) electrons. The molecule has 1 N–H and O–H groups in total. The molecule has 0 aliphatic carbocycles. The molecule has 0 spiro atoms. The monoisotopic (exact) mass is 507 g/mol. The zero-order chi connectivity index (χ0) is 26.2. The molecule has 194 valence electrons. The number of anilines is 3. The lowest BCUT2D eigenvalue weighted by Crippen LogP contribution is -2.46. The second kappa shape index (κ2) is 9.98. The van der Waals surface area contributed by atoms with Gasteiger partial charge in [0.2, 0.25) is 5.95 Å². The minimum atomic E-state index is 0.376. The van der Waals surface area contributed by atoms with Crippen molar-refractivity contribution in [1.82, 2.24) is 34.6 Å². The molecule has 1 saturated heterocycles. The van der Waals surface area contributed by atoms with E-state index in [1.807, 2.05) is 29.9 Å². The van der Waals surface area contributed by atoms with E-state index < -0.39 is 0 Å². The third kappa shape index (κ3) is 4.54. The van der Waals surface area contributed by atoms with E-state index in [4.69, 9.17) is 4.98 Å². The van der Waals surface area contributed by atoms with Gasteiger partial charge in [0.15, 0.2) is 0 Å². The summed E-state index contributed by atoms with van der Waals surface area (Å²) in [5.41, 5.74) is 5.91. The first-order valence-electron chi connectivity index (χ1n) is 13.3. The van der Waals surface area contributed by atoms with E-state index in [1.54, 1.807) is 12.5 Å². The molecular formula is C29H33N9. The first-order valence-corrected chi connectivity index (χ1v) is 13.3. The molecular weight excluding hydrogens is 474 g/mol. The molecule has 0 saturated carbocycles. The minimum absolute atomic E-state index is 0.376. The summed E-state index contributed by atoms with van der Waals surface area (Å²) in [7, 11) is 2.01. The smallest absolute Gasteiger partial charge is 0.227 e. The van der Waals surface area contributed by atoms with Gasteiger partial charge >= 0.3 is 0 Å². The van der Waals surface area contributed by atoms with Crippen molar-refractivity contribution in [2.75, 3.05) is 42.9 Å². The largest absolute Gasteiger partial charge is 0.353 e. The Kier molecular flexibility index (Phi) is 6.37. The number of rotatable bonds is 6. The van der Waals surface area contributed by atoms with Gasteiger partial charge in [-0.3, -0.25) is 4.68 Å². The van der Waals surface area contributed by atoms with Crippen molar-refractivity contribution in [3.63, 3.8) is 0 Å². The van der Waals surface area contributed by atoms with Crippen LogP contribution in [0.25, 0.3) is 33.1 Å². The van der Waals surface area contributed by atoms with Gasteiger partial charge in [-0.1, -0.05) is 26.8 Å². The standard InChI is InChI=1S/C29H33N9/c1-5-37-12-14-38(15-13-37)28-22-8-7-21(17-26(22)31-18-32-28)33-29-30-11-10-24(34-29)20-6-9-25-23(16-20)27(19(2)3)36(4)35-25/h6-11,16-19H,5,12-15H2,1-4H3,(H,30,33,34). The molecule has 1 fully saturated rings. The number of aryl methyl sites for hydroxylation is 1. The number of nitrogens with one attached hydrogen (secondary N) is 1. The quantitative estimate of drug-likeness (QED) is 0.344. The van der Waals surface area contributed by atoms with Crippen LogP contribution in [0.5, 0.6) is 0 Å². The number of likely N-dealkylation sites (N-methyl/N-ethyl adjacent to an activating group) is 1. The Hall–Kier alpha value is -4.11. The first-order chi connectivity index (χ1) is 18.5. The maximum Gasteiger partial charge on any atom is 0.227 e. The number of benzene rings is 2. The fourth-order valence-electron chi connectivity index (χ4n) is 5.42. The fourth-order valence-corrected chi connectivity index (χ4v) is 5.42. The zero-order valence-electron chi connectivity index (χ0n) is 22.4. The van der Waals surface area contributed by atoms with Gasteiger partial charge in [0.1, 0.15) is 12.1 Å². The predicted octanol–water partition coefficient (Wildman–Crippen LogP) is 4.98. The van der Waals surface area contributed by atoms with Gasteiger partial charge in [-0.15, -0.1) is 0 Å². The summed E-state index contributed by atoms with van der Waals surface area (Å²) in [6.07, 6.45) is 3.45. The third-order valence-corrected chi connectivity index (χ3v) is 7.37. The molecule has 5 aromatic rings. The second-order valence-electron chi connectivity index (χ2n) is 10.1. The molecule has 0 bridgehead atoms. The van der Waals surface area contributed by atoms with E-state index in [1.165, 1.54) is 5.69 Å². The Morgan fingerprint density at radius 1 is 0.895 bits per heavy atom. The van der Waals surface area contributed by atoms with Crippen molar-refractivity contribution in [3.05, 3.63) is 60.7 Å². The van der Waals surface area contributed by atoms with Gasteiger partial charge in [0.05, 0.1) is 16.7 Å². The Bertz CT molecular complexity index is 1600. The van der Waals surface area contributed by atoms with Gasteiger partial charge < -0.3 is 15.1 Å². The molecule has 0 unspecified atom stereocenters. The SMILES string of the molecule is CCN1CCN(c2ncnc3cc(Nc4nccc(-c5ccc6nn(C)c(C(C)C)c6c5)n4)ccc23)CC1. The summed E-state index contributed by atoms with van der Waals surface area (Å²) in [5.74, 6) is 1.92. The number of fused-ring (bicyclic) bond motifs is 2. The van der Waals surface area contributed by atoms with Gasteiger partial charge in [0, 0.05) is 67.1 Å². The highest BCUT2D eigenvalue weighted by molar-refractivity contribution is 5.92. The van der Waals surface area contributed by atoms with Crippen molar-refractivity contribution in [3.8, 4) is 11.3 Å². The summed E-state index contributed by atoms with van der Waals surface area (Å²) in [6, 6.07) is 14.4. The topological polar surface area (TPSA) is 87.9 Å². The molecule has 0 amide bonds. The molecule has 2 aromatic carbocycles. The van der Waals surface area contributed by atoms with E-state index in [-0.39, 0.29) is 0 Å². The Morgan fingerprint density at radius 3 is 2.53 bits per heavy atom. The lowest BCUT2D eigenvalue weighted by atomic mass is 10.0. The average molecular weight is 508 g/mol. The number of hydrogen-bond acceptors (Lipinski definition) is 8. The van der Waals surface area contributed by atoms with Crippen LogP contribution in [0.2, 0.25) is 0 Å². The van der Waals surface area contributed by atoms with Gasteiger partial charge in [0.25, 0.3) is 0 Å². The van der Waals surface area contributed by atoms with E-state index in [0.717, 1.165) is 77.3 Å². The predicted molar refractivity (Wildman–Crippen MR) is 153 cm³/mol. The van der Waals surface area contributed by atoms with Gasteiger partial charge in [-0.25, -0.2) is 19.9 Å². The highest BCUT2D eigenvalue weighted by Gasteiger charge is 2.19. The summed E-state index contributed by atoms with van der Waals surface area (Å²) in [6.45, 7) is 11.8. The van der Waals surface area contributed by atoms with Crippen LogP contribution in [0, 0.1) is 0 Å². The highest BCUT2D eigenvalue weighted by Crippen LogP contribution is 2.30.